The number of nitrogens with one attached hydrogen (secondary N) is 1. The van der Waals surface area contributed by atoms with Crippen LogP contribution in [-0.4, -0.2) is 38.9 Å². The van der Waals surface area contributed by atoms with Crippen molar-refractivity contribution in [3.8, 4) is 5.75 Å². The summed E-state index contributed by atoms with van der Waals surface area (Å²) >= 11 is 7.78. The number of nitro benzene ring substituents is 1. The van der Waals surface area contributed by atoms with Gasteiger partial charge in [-0.05, 0) is 51.5 Å². The van der Waals surface area contributed by atoms with Crippen LogP contribution in [0.1, 0.15) is 12.8 Å². The smallest absolute Gasteiger partial charge is 0.273 e. The van der Waals surface area contributed by atoms with Crippen LogP contribution in [0.3, 0.4) is 0 Å². The van der Waals surface area contributed by atoms with E-state index in [1.807, 2.05) is 0 Å². The van der Waals surface area contributed by atoms with Gasteiger partial charge in [0.1, 0.15) is 12.1 Å². The zero-order chi connectivity index (χ0) is 19.1. The van der Waals surface area contributed by atoms with Crippen molar-refractivity contribution in [3.05, 3.63) is 44.3 Å². The third kappa shape index (κ3) is 5.97. The number of aromatic nitrogens is 2. The molecule has 0 saturated carbocycles. The number of rotatable bonds is 9. The van der Waals surface area contributed by atoms with Gasteiger partial charge in [0.05, 0.1) is 22.1 Å². The lowest BCUT2D eigenvalue weighted by molar-refractivity contribution is -0.385. The van der Waals surface area contributed by atoms with Crippen LogP contribution in [0, 0.1) is 10.1 Å². The molecule has 0 amide bonds. The van der Waals surface area contributed by atoms with E-state index >= 15 is 0 Å². The topological polar surface area (TPSA) is 113 Å². The molecule has 1 atom stereocenters. The van der Waals surface area contributed by atoms with Crippen LogP contribution in [0.25, 0.3) is 0 Å². The number of nitrogens with zero attached hydrogens (tertiary/aromatic N) is 3. The Labute approximate surface area is 166 Å². The molecule has 2 rings (SSSR count). The highest BCUT2D eigenvalue weighted by Gasteiger charge is 2.18. The first-order valence-electron chi connectivity index (χ1n) is 7.55. The molecule has 0 spiro atoms. The van der Waals surface area contributed by atoms with Crippen LogP contribution in [0.4, 0.5) is 11.5 Å². The normalized spacial score (nSPS) is 11.8. The van der Waals surface area contributed by atoms with Crippen LogP contribution < -0.4 is 10.1 Å². The number of hydrogen-bond acceptors (Lipinski definition) is 7. The first kappa shape index (κ1) is 20.7. The van der Waals surface area contributed by atoms with Gasteiger partial charge in [-0.25, -0.2) is 4.98 Å². The monoisotopic (exact) mass is 462 g/mol. The number of non-ortho nitro benzene ring substituents is 1. The summed E-state index contributed by atoms with van der Waals surface area (Å²) in [7, 11) is 0. The predicted molar refractivity (Wildman–Crippen MR) is 103 cm³/mol. The summed E-state index contributed by atoms with van der Waals surface area (Å²) < 4.78 is 18.0. The molecular weight excluding hydrogens is 448 g/mol. The Morgan fingerprint density at radius 2 is 2.19 bits per heavy atom. The van der Waals surface area contributed by atoms with E-state index < -0.39 is 16.1 Å². The minimum Gasteiger partial charge on any atom is -0.612 e. The molecule has 0 aliphatic heterocycles. The number of hydrogen-bond donors (Lipinski definition) is 1. The van der Waals surface area contributed by atoms with Crippen molar-refractivity contribution in [1.29, 1.82) is 0 Å². The van der Waals surface area contributed by atoms with Crippen LogP contribution in [0.15, 0.2) is 33.8 Å². The Morgan fingerprint density at radius 3 is 2.88 bits per heavy atom. The van der Waals surface area contributed by atoms with Crippen molar-refractivity contribution >= 4 is 50.2 Å². The van der Waals surface area contributed by atoms with Gasteiger partial charge in [0.2, 0.25) is 5.28 Å². The van der Waals surface area contributed by atoms with E-state index in [-0.39, 0.29) is 16.7 Å². The van der Waals surface area contributed by atoms with Gasteiger partial charge in [-0.2, -0.15) is 4.98 Å². The second-order valence-electron chi connectivity index (χ2n) is 5.16. The minimum atomic E-state index is -1.29. The molecule has 1 aromatic carbocycles. The summed E-state index contributed by atoms with van der Waals surface area (Å²) in [6.07, 6.45) is 4.54. The molecule has 0 radical (unpaired) electrons. The lowest BCUT2D eigenvalue weighted by Crippen LogP contribution is -2.08. The lowest BCUT2D eigenvalue weighted by atomic mass is 10.3. The molecule has 0 bridgehead atoms. The number of unbranched alkanes of at least 4 members (excludes halogenated alkanes) is 1. The molecule has 26 heavy (non-hydrogen) atoms. The van der Waals surface area contributed by atoms with Crippen molar-refractivity contribution in [2.24, 2.45) is 0 Å². The third-order valence-electron chi connectivity index (χ3n) is 3.28. The molecule has 0 aliphatic carbocycles. The zero-order valence-corrected chi connectivity index (χ0v) is 16.9. The summed E-state index contributed by atoms with van der Waals surface area (Å²) in [5, 5.41) is 14.2. The maximum absolute atomic E-state index is 11.7. The SMILES string of the molecule is C[S+]([O-])c1ccc([N+](=O)[O-])cc1OCCCCNc1nc(Cl)ncc1Br. The molecule has 8 nitrogen and oxygen atoms in total. The third-order valence-corrected chi connectivity index (χ3v) is 5.00. The molecule has 140 valence electrons. The van der Waals surface area contributed by atoms with Crippen molar-refractivity contribution in [2.75, 3.05) is 24.7 Å². The molecule has 1 heterocycles. The van der Waals surface area contributed by atoms with E-state index in [0.717, 1.165) is 6.42 Å². The van der Waals surface area contributed by atoms with Crippen LogP contribution >= 0.6 is 27.5 Å². The van der Waals surface area contributed by atoms with E-state index in [9.17, 15) is 14.7 Å². The van der Waals surface area contributed by atoms with Crippen molar-refractivity contribution < 1.29 is 14.2 Å². The van der Waals surface area contributed by atoms with Crippen LogP contribution in [0.5, 0.6) is 5.75 Å². The standard InChI is InChI=1S/C15H16BrClN4O4S/c1-26(24)13-5-4-10(21(22)23)8-12(13)25-7-3-2-6-18-14-11(16)9-19-15(17)20-14/h4-5,8-9H,2-3,6-7H2,1H3,(H,18,19,20). The van der Waals surface area contributed by atoms with Gasteiger partial charge in [-0.15, -0.1) is 0 Å². The second kappa shape index (κ2) is 9.91. The van der Waals surface area contributed by atoms with Gasteiger partial charge >= 0.3 is 0 Å². The molecular formula is C15H16BrClN4O4S. The summed E-state index contributed by atoms with van der Waals surface area (Å²) in [6.45, 7) is 0.982. The van der Waals surface area contributed by atoms with E-state index in [2.05, 4.69) is 31.2 Å². The molecule has 11 heteroatoms. The van der Waals surface area contributed by atoms with Crippen molar-refractivity contribution in [3.63, 3.8) is 0 Å². The Kier molecular flexibility index (Phi) is 7.88. The summed E-state index contributed by atoms with van der Waals surface area (Å²) in [5.41, 5.74) is -0.0960. The number of ether oxygens (including phenoxy) is 1. The fraction of sp³-hybridized carbons (Fsp3) is 0.333. The van der Waals surface area contributed by atoms with Gasteiger partial charge < -0.3 is 14.6 Å². The Hall–Kier alpha value is -1.62. The fourth-order valence-electron chi connectivity index (χ4n) is 2.05. The predicted octanol–water partition coefficient (Wildman–Crippen LogP) is 3.81. The Morgan fingerprint density at radius 1 is 1.42 bits per heavy atom. The van der Waals surface area contributed by atoms with E-state index in [1.165, 1.54) is 24.5 Å². The largest absolute Gasteiger partial charge is 0.612 e. The number of anilines is 1. The molecule has 0 aliphatic rings. The van der Waals surface area contributed by atoms with Gasteiger partial charge in [-0.3, -0.25) is 10.1 Å². The highest BCUT2D eigenvalue weighted by atomic mass is 79.9. The molecule has 0 fully saturated rings. The first-order valence-corrected chi connectivity index (χ1v) is 10.3. The fourth-order valence-corrected chi connectivity index (χ4v) is 3.17. The number of benzene rings is 1. The number of halogens is 2. The number of nitro groups is 1. The van der Waals surface area contributed by atoms with E-state index in [1.54, 1.807) is 6.20 Å². The van der Waals surface area contributed by atoms with Crippen LogP contribution in [-0.2, 0) is 11.2 Å². The van der Waals surface area contributed by atoms with Crippen molar-refractivity contribution in [1.82, 2.24) is 9.97 Å². The minimum absolute atomic E-state index is 0.0960. The summed E-state index contributed by atoms with van der Waals surface area (Å²) in [4.78, 5) is 18.7. The summed E-state index contributed by atoms with van der Waals surface area (Å²) in [6, 6.07) is 4.08. The molecule has 1 unspecified atom stereocenters. The molecule has 1 aromatic heterocycles. The Bertz CT molecular complexity index is 781. The van der Waals surface area contributed by atoms with E-state index in [0.29, 0.717) is 34.8 Å². The van der Waals surface area contributed by atoms with Gasteiger partial charge in [0, 0.05) is 24.9 Å². The highest BCUT2D eigenvalue weighted by Crippen LogP contribution is 2.28. The second-order valence-corrected chi connectivity index (χ2v) is 7.70. The lowest BCUT2D eigenvalue weighted by Gasteiger charge is -2.12. The zero-order valence-electron chi connectivity index (χ0n) is 13.8. The maximum Gasteiger partial charge on any atom is 0.273 e. The van der Waals surface area contributed by atoms with Gasteiger partial charge in [-0.1, -0.05) is 0 Å². The highest BCUT2D eigenvalue weighted by molar-refractivity contribution is 9.10. The molecule has 2 aromatic rings. The average Bonchev–Trinajstić information content (AvgIpc) is 2.60. The maximum atomic E-state index is 11.7. The van der Waals surface area contributed by atoms with Gasteiger partial charge in [0.15, 0.2) is 10.6 Å². The van der Waals surface area contributed by atoms with E-state index in [4.69, 9.17) is 16.3 Å². The average molecular weight is 464 g/mol. The molecule has 0 saturated heterocycles. The van der Waals surface area contributed by atoms with Crippen LogP contribution in [0.2, 0.25) is 5.28 Å². The summed E-state index contributed by atoms with van der Waals surface area (Å²) in [5.74, 6) is 0.881. The van der Waals surface area contributed by atoms with Gasteiger partial charge in [0.25, 0.3) is 5.69 Å². The van der Waals surface area contributed by atoms with Crippen molar-refractivity contribution in [2.45, 2.75) is 17.7 Å². The first-order chi connectivity index (χ1) is 12.4. The quantitative estimate of drug-likeness (QED) is 0.198. The molecule has 1 N–H and O–H groups in total. The Balaban J connectivity index is 1.83.